The first-order valence-corrected chi connectivity index (χ1v) is 4.24. The lowest BCUT2D eigenvalue weighted by atomic mass is 10.2. The summed E-state index contributed by atoms with van der Waals surface area (Å²) < 4.78 is 0. The predicted octanol–water partition coefficient (Wildman–Crippen LogP) is 0.605. The number of carboxylic acid groups (broad SMARTS) is 2. The summed E-state index contributed by atoms with van der Waals surface area (Å²) in [7, 11) is 0. The van der Waals surface area contributed by atoms with Gasteiger partial charge in [0.2, 0.25) is 0 Å². The van der Waals surface area contributed by atoms with Gasteiger partial charge in [-0.25, -0.2) is 9.59 Å². The van der Waals surface area contributed by atoms with Crippen LogP contribution in [0.2, 0.25) is 0 Å². The van der Waals surface area contributed by atoms with E-state index in [0.29, 0.717) is 12.8 Å². The monoisotopic (exact) mass is 197 g/mol. The molecular formula is C9H11NO4. The molecule has 1 fully saturated rings. The van der Waals surface area contributed by atoms with Crippen molar-refractivity contribution in [2.45, 2.75) is 31.8 Å². The van der Waals surface area contributed by atoms with Crippen LogP contribution in [0.5, 0.6) is 0 Å². The van der Waals surface area contributed by atoms with E-state index in [0.717, 1.165) is 4.90 Å². The molecule has 1 aliphatic rings. The van der Waals surface area contributed by atoms with E-state index in [4.69, 9.17) is 10.2 Å². The number of rotatable bonds is 1. The predicted molar refractivity (Wildman–Crippen MR) is 47.8 cm³/mol. The number of amides is 1. The van der Waals surface area contributed by atoms with E-state index >= 15 is 0 Å². The quantitative estimate of drug-likeness (QED) is 0.603. The fourth-order valence-corrected chi connectivity index (χ4v) is 1.63. The zero-order valence-corrected chi connectivity index (χ0v) is 7.73. The average molecular weight is 197 g/mol. The van der Waals surface area contributed by atoms with Gasteiger partial charge < -0.3 is 10.2 Å². The van der Waals surface area contributed by atoms with Gasteiger partial charge in [-0.15, -0.1) is 5.92 Å². The fraction of sp³-hybridized carbons (Fsp3) is 0.556. The third kappa shape index (κ3) is 1.79. The van der Waals surface area contributed by atoms with E-state index in [1.165, 1.54) is 0 Å². The summed E-state index contributed by atoms with van der Waals surface area (Å²) in [6.45, 7) is 1.61. The maximum atomic E-state index is 10.8. The first kappa shape index (κ1) is 10.4. The van der Waals surface area contributed by atoms with Crippen molar-refractivity contribution in [3.63, 3.8) is 0 Å². The van der Waals surface area contributed by atoms with Gasteiger partial charge in [-0.1, -0.05) is 5.92 Å². The molecule has 14 heavy (non-hydrogen) atoms. The van der Waals surface area contributed by atoms with Crippen LogP contribution in [0, 0.1) is 11.8 Å². The summed E-state index contributed by atoms with van der Waals surface area (Å²) in [4.78, 5) is 22.4. The van der Waals surface area contributed by atoms with Gasteiger partial charge in [0.15, 0.2) is 0 Å². The van der Waals surface area contributed by atoms with Gasteiger partial charge in [0.1, 0.15) is 6.04 Å². The minimum atomic E-state index is -1.22. The van der Waals surface area contributed by atoms with Crippen LogP contribution in [0.3, 0.4) is 0 Å². The third-order valence-corrected chi connectivity index (χ3v) is 2.20. The van der Waals surface area contributed by atoms with E-state index in [-0.39, 0.29) is 0 Å². The van der Waals surface area contributed by atoms with Crippen molar-refractivity contribution in [2.24, 2.45) is 0 Å². The zero-order chi connectivity index (χ0) is 10.7. The smallest absolute Gasteiger partial charge is 0.409 e. The summed E-state index contributed by atoms with van der Waals surface area (Å²) in [5.41, 5.74) is 0. The summed E-state index contributed by atoms with van der Waals surface area (Å²) in [5, 5.41) is 17.6. The Kier molecular flexibility index (Phi) is 2.97. The minimum Gasteiger partial charge on any atom is -0.480 e. The lowest BCUT2D eigenvalue weighted by molar-refractivity contribution is -0.141. The van der Waals surface area contributed by atoms with Gasteiger partial charge in [-0.2, -0.15) is 0 Å². The van der Waals surface area contributed by atoms with Crippen LogP contribution in [0.1, 0.15) is 19.8 Å². The molecule has 1 saturated heterocycles. The highest BCUT2D eigenvalue weighted by molar-refractivity contribution is 5.80. The molecule has 1 rings (SSSR count). The van der Waals surface area contributed by atoms with Crippen molar-refractivity contribution in [1.29, 1.82) is 0 Å². The second kappa shape index (κ2) is 4.01. The molecule has 76 valence electrons. The van der Waals surface area contributed by atoms with Crippen molar-refractivity contribution >= 4 is 12.1 Å². The molecule has 0 aromatic carbocycles. The van der Waals surface area contributed by atoms with Gasteiger partial charge in [-0.3, -0.25) is 4.90 Å². The zero-order valence-electron chi connectivity index (χ0n) is 7.73. The van der Waals surface area contributed by atoms with Gasteiger partial charge in [-0.05, 0) is 19.8 Å². The Morgan fingerprint density at radius 3 is 2.43 bits per heavy atom. The Balaban J connectivity index is 2.88. The van der Waals surface area contributed by atoms with Gasteiger partial charge in [0.05, 0.1) is 6.04 Å². The van der Waals surface area contributed by atoms with Crippen LogP contribution in [0.25, 0.3) is 0 Å². The number of hydrogen-bond donors (Lipinski definition) is 2. The number of carbonyl (C=O) groups is 2. The van der Waals surface area contributed by atoms with Crippen molar-refractivity contribution in [3.05, 3.63) is 0 Å². The van der Waals surface area contributed by atoms with Crippen molar-refractivity contribution in [1.82, 2.24) is 4.90 Å². The van der Waals surface area contributed by atoms with E-state index in [9.17, 15) is 9.59 Å². The van der Waals surface area contributed by atoms with Gasteiger partial charge in [0, 0.05) is 0 Å². The number of carboxylic acids is 1. The Labute approximate surface area is 81.3 Å². The molecule has 0 aromatic rings. The molecule has 0 radical (unpaired) electrons. The number of likely N-dealkylation sites (tertiary alicyclic amines) is 1. The van der Waals surface area contributed by atoms with Crippen molar-refractivity contribution in [2.75, 3.05) is 0 Å². The Morgan fingerprint density at radius 1 is 1.36 bits per heavy atom. The highest BCUT2D eigenvalue weighted by Gasteiger charge is 2.40. The third-order valence-electron chi connectivity index (χ3n) is 2.20. The number of aliphatic carboxylic acids is 1. The second-order valence-corrected chi connectivity index (χ2v) is 3.03. The molecule has 0 unspecified atom stereocenters. The fourth-order valence-electron chi connectivity index (χ4n) is 1.63. The molecule has 2 atom stereocenters. The van der Waals surface area contributed by atoms with Crippen LogP contribution in [0.4, 0.5) is 4.79 Å². The molecule has 5 heteroatoms. The van der Waals surface area contributed by atoms with E-state index < -0.39 is 24.1 Å². The second-order valence-electron chi connectivity index (χ2n) is 3.03. The van der Waals surface area contributed by atoms with Crippen LogP contribution in [-0.4, -0.2) is 39.3 Å². The molecule has 1 heterocycles. The summed E-state index contributed by atoms with van der Waals surface area (Å²) in [5.74, 6) is 4.19. The molecule has 5 nitrogen and oxygen atoms in total. The Hall–Kier alpha value is -1.70. The highest BCUT2D eigenvalue weighted by atomic mass is 16.4. The average Bonchev–Trinajstić information content (AvgIpc) is 2.48. The SMILES string of the molecule is CC#C[C@H]1CC[C@@H](C(=O)O)N1C(=O)O. The standard InChI is InChI=1S/C9H11NO4/c1-2-3-6-4-5-7(8(11)12)10(6)9(13)14/h6-7H,4-5H2,1H3,(H,11,12)(H,13,14)/t6-,7-/m0/s1. The van der Waals surface area contributed by atoms with Gasteiger partial charge >= 0.3 is 12.1 Å². The first-order valence-electron chi connectivity index (χ1n) is 4.24. The largest absolute Gasteiger partial charge is 0.480 e. The molecule has 2 N–H and O–H groups in total. The van der Waals surface area contributed by atoms with E-state index in [1.54, 1.807) is 6.92 Å². The molecule has 0 aromatic heterocycles. The molecular weight excluding hydrogens is 186 g/mol. The normalized spacial score (nSPS) is 25.4. The van der Waals surface area contributed by atoms with E-state index in [2.05, 4.69) is 11.8 Å². The maximum absolute atomic E-state index is 10.8. The number of hydrogen-bond acceptors (Lipinski definition) is 2. The minimum absolute atomic E-state index is 0.334. The Bertz CT molecular complexity index is 315. The number of nitrogens with zero attached hydrogens (tertiary/aromatic N) is 1. The first-order chi connectivity index (χ1) is 6.57. The topological polar surface area (TPSA) is 77.8 Å². The van der Waals surface area contributed by atoms with Crippen molar-refractivity contribution in [3.8, 4) is 11.8 Å². The molecule has 0 aliphatic carbocycles. The van der Waals surface area contributed by atoms with Crippen LogP contribution in [-0.2, 0) is 4.79 Å². The molecule has 0 saturated carbocycles. The molecule has 1 aliphatic heterocycles. The molecule has 0 bridgehead atoms. The maximum Gasteiger partial charge on any atom is 0.409 e. The van der Waals surface area contributed by atoms with Crippen LogP contribution in [0.15, 0.2) is 0 Å². The summed E-state index contributed by atoms with van der Waals surface area (Å²) >= 11 is 0. The van der Waals surface area contributed by atoms with Crippen LogP contribution < -0.4 is 0 Å². The summed E-state index contributed by atoms with van der Waals surface area (Å²) in [6.07, 6.45) is -0.395. The van der Waals surface area contributed by atoms with Crippen LogP contribution >= 0.6 is 0 Å². The summed E-state index contributed by atoms with van der Waals surface area (Å²) in [6, 6.07) is -1.42. The molecule has 1 amide bonds. The molecule has 0 spiro atoms. The Morgan fingerprint density at radius 2 is 2.00 bits per heavy atom. The van der Waals surface area contributed by atoms with E-state index in [1.807, 2.05) is 0 Å². The van der Waals surface area contributed by atoms with Gasteiger partial charge in [0.25, 0.3) is 0 Å². The lowest BCUT2D eigenvalue weighted by Crippen LogP contribution is -2.43. The van der Waals surface area contributed by atoms with Crippen molar-refractivity contribution < 1.29 is 19.8 Å². The highest BCUT2D eigenvalue weighted by Crippen LogP contribution is 2.23. The lowest BCUT2D eigenvalue weighted by Gasteiger charge is -2.21.